The molecule has 0 aliphatic carbocycles. The molecular formula is C16H16N2O4. The fourth-order valence-corrected chi connectivity index (χ4v) is 2.25. The molecule has 2 N–H and O–H groups in total. The van der Waals surface area contributed by atoms with Gasteiger partial charge in [0, 0.05) is 11.6 Å². The Morgan fingerprint density at radius 1 is 1.27 bits per heavy atom. The van der Waals surface area contributed by atoms with E-state index < -0.39 is 22.3 Å². The lowest BCUT2D eigenvalue weighted by Gasteiger charge is -2.16. The Morgan fingerprint density at radius 3 is 2.55 bits per heavy atom. The average Bonchev–Trinajstić information content (AvgIpc) is 2.46. The van der Waals surface area contributed by atoms with E-state index in [2.05, 4.69) is 5.32 Å². The Balaban J connectivity index is 2.17. The number of hydrogen-bond acceptors (Lipinski definition) is 4. The van der Waals surface area contributed by atoms with Crippen molar-refractivity contribution in [2.75, 3.05) is 0 Å². The van der Waals surface area contributed by atoms with Gasteiger partial charge in [0.05, 0.1) is 11.0 Å². The van der Waals surface area contributed by atoms with Crippen molar-refractivity contribution in [2.45, 2.75) is 19.9 Å². The predicted octanol–water partition coefficient (Wildman–Crippen LogP) is 3.10. The maximum absolute atomic E-state index is 12.2. The molecule has 0 aromatic heterocycles. The summed E-state index contributed by atoms with van der Waals surface area (Å²) in [6.07, 6.45) is 0. The van der Waals surface area contributed by atoms with Gasteiger partial charge in [0.1, 0.15) is 0 Å². The topological polar surface area (TPSA) is 92.5 Å². The van der Waals surface area contributed by atoms with E-state index in [1.165, 1.54) is 6.07 Å². The first kappa shape index (κ1) is 15.5. The number of amides is 1. The van der Waals surface area contributed by atoms with E-state index >= 15 is 0 Å². The zero-order chi connectivity index (χ0) is 16.3. The normalized spacial score (nSPS) is 11.7. The summed E-state index contributed by atoms with van der Waals surface area (Å²) < 4.78 is 0. The minimum absolute atomic E-state index is 0.170. The van der Waals surface area contributed by atoms with Crippen molar-refractivity contribution in [1.82, 2.24) is 5.32 Å². The molecule has 1 unspecified atom stereocenters. The Hall–Kier alpha value is -2.89. The summed E-state index contributed by atoms with van der Waals surface area (Å²) in [5.41, 5.74) is 1.79. The quantitative estimate of drug-likeness (QED) is 0.670. The number of nitro benzene ring substituents is 1. The fraction of sp³-hybridized carbons (Fsp3) is 0.188. The summed E-state index contributed by atoms with van der Waals surface area (Å²) in [6.45, 7) is 3.81. The molecule has 0 heterocycles. The first-order chi connectivity index (χ1) is 10.4. The molecule has 0 bridgehead atoms. The Kier molecular flexibility index (Phi) is 4.41. The van der Waals surface area contributed by atoms with Crippen molar-refractivity contribution < 1.29 is 14.8 Å². The van der Waals surface area contributed by atoms with Crippen molar-refractivity contribution in [3.8, 4) is 5.75 Å². The summed E-state index contributed by atoms with van der Waals surface area (Å²) in [4.78, 5) is 22.1. The molecule has 6 heteroatoms. The third-order valence-corrected chi connectivity index (χ3v) is 3.44. The second-order valence-corrected chi connectivity index (χ2v) is 5.01. The van der Waals surface area contributed by atoms with E-state index in [0.29, 0.717) is 0 Å². The van der Waals surface area contributed by atoms with Crippen LogP contribution in [-0.2, 0) is 0 Å². The van der Waals surface area contributed by atoms with Gasteiger partial charge in [-0.2, -0.15) is 0 Å². The average molecular weight is 300 g/mol. The van der Waals surface area contributed by atoms with Crippen LogP contribution in [-0.4, -0.2) is 15.9 Å². The molecule has 2 aromatic carbocycles. The zero-order valence-corrected chi connectivity index (χ0v) is 12.2. The van der Waals surface area contributed by atoms with Crippen LogP contribution >= 0.6 is 0 Å². The molecule has 22 heavy (non-hydrogen) atoms. The van der Waals surface area contributed by atoms with E-state index in [1.54, 1.807) is 0 Å². The second-order valence-electron chi connectivity index (χ2n) is 5.01. The Morgan fingerprint density at radius 2 is 1.95 bits per heavy atom. The van der Waals surface area contributed by atoms with E-state index in [0.717, 1.165) is 23.3 Å². The molecule has 114 valence electrons. The van der Waals surface area contributed by atoms with Gasteiger partial charge in [-0.3, -0.25) is 14.9 Å². The van der Waals surface area contributed by atoms with Gasteiger partial charge in [0.15, 0.2) is 5.75 Å². The number of phenols is 1. The Bertz CT molecular complexity index is 728. The highest BCUT2D eigenvalue weighted by Gasteiger charge is 2.18. The SMILES string of the molecule is Cc1ccccc1C(C)NC(=O)c1ccc([N+](=O)[O-])c(O)c1. The van der Waals surface area contributed by atoms with Crippen molar-refractivity contribution >= 4 is 11.6 Å². The standard InChI is InChI=1S/C16H16N2O4/c1-10-5-3-4-6-13(10)11(2)17-16(20)12-7-8-14(18(21)22)15(19)9-12/h3-9,11,19H,1-2H3,(H,17,20). The highest BCUT2D eigenvalue weighted by atomic mass is 16.6. The summed E-state index contributed by atoms with van der Waals surface area (Å²) in [7, 11) is 0. The van der Waals surface area contributed by atoms with E-state index in [4.69, 9.17) is 0 Å². The van der Waals surface area contributed by atoms with Gasteiger partial charge in [-0.1, -0.05) is 24.3 Å². The van der Waals surface area contributed by atoms with Crippen LogP contribution in [0.3, 0.4) is 0 Å². The van der Waals surface area contributed by atoms with Gasteiger partial charge < -0.3 is 10.4 Å². The lowest BCUT2D eigenvalue weighted by Crippen LogP contribution is -2.27. The number of phenolic OH excluding ortho intramolecular Hbond substituents is 1. The van der Waals surface area contributed by atoms with Gasteiger partial charge >= 0.3 is 5.69 Å². The summed E-state index contributed by atoms with van der Waals surface area (Å²) >= 11 is 0. The number of carbonyl (C=O) groups is 1. The van der Waals surface area contributed by atoms with Crippen molar-refractivity contribution in [2.24, 2.45) is 0 Å². The first-order valence-corrected chi connectivity index (χ1v) is 6.74. The highest BCUT2D eigenvalue weighted by molar-refractivity contribution is 5.95. The number of benzene rings is 2. The molecule has 0 fully saturated rings. The molecule has 0 radical (unpaired) electrons. The molecular weight excluding hydrogens is 284 g/mol. The number of nitro groups is 1. The van der Waals surface area contributed by atoms with Crippen LogP contribution in [0.2, 0.25) is 0 Å². The smallest absolute Gasteiger partial charge is 0.310 e. The van der Waals surface area contributed by atoms with E-state index in [1.807, 2.05) is 38.1 Å². The van der Waals surface area contributed by atoms with Crippen LogP contribution in [0.25, 0.3) is 0 Å². The number of nitrogens with one attached hydrogen (secondary N) is 1. The lowest BCUT2D eigenvalue weighted by molar-refractivity contribution is -0.385. The molecule has 0 aliphatic heterocycles. The summed E-state index contributed by atoms with van der Waals surface area (Å²) in [5.74, 6) is -0.929. The fourth-order valence-electron chi connectivity index (χ4n) is 2.25. The molecule has 0 saturated carbocycles. The maximum atomic E-state index is 12.2. The van der Waals surface area contributed by atoms with Crippen LogP contribution in [0.5, 0.6) is 5.75 Å². The minimum atomic E-state index is -0.701. The van der Waals surface area contributed by atoms with Gasteiger partial charge in [-0.15, -0.1) is 0 Å². The predicted molar refractivity (Wildman–Crippen MR) is 81.8 cm³/mol. The van der Waals surface area contributed by atoms with Crippen molar-refractivity contribution in [3.63, 3.8) is 0 Å². The number of hydrogen-bond donors (Lipinski definition) is 2. The minimum Gasteiger partial charge on any atom is -0.502 e. The first-order valence-electron chi connectivity index (χ1n) is 6.74. The molecule has 6 nitrogen and oxygen atoms in total. The van der Waals surface area contributed by atoms with Gasteiger partial charge in [0.2, 0.25) is 0 Å². The maximum Gasteiger partial charge on any atom is 0.310 e. The molecule has 2 aromatic rings. The van der Waals surface area contributed by atoms with Gasteiger partial charge in [0.25, 0.3) is 5.91 Å². The number of rotatable bonds is 4. The molecule has 1 amide bonds. The zero-order valence-electron chi connectivity index (χ0n) is 12.2. The van der Waals surface area contributed by atoms with E-state index in [-0.39, 0.29) is 11.6 Å². The third-order valence-electron chi connectivity index (χ3n) is 3.44. The number of aromatic hydroxyl groups is 1. The highest BCUT2D eigenvalue weighted by Crippen LogP contribution is 2.26. The molecule has 1 atom stereocenters. The van der Waals surface area contributed by atoms with Gasteiger partial charge in [-0.25, -0.2) is 0 Å². The third kappa shape index (κ3) is 3.22. The lowest BCUT2D eigenvalue weighted by atomic mass is 10.0. The number of carbonyl (C=O) groups excluding carboxylic acids is 1. The van der Waals surface area contributed by atoms with Crippen LogP contribution < -0.4 is 5.32 Å². The van der Waals surface area contributed by atoms with Crippen LogP contribution in [0.15, 0.2) is 42.5 Å². The molecule has 0 saturated heterocycles. The van der Waals surface area contributed by atoms with Crippen LogP contribution in [0, 0.1) is 17.0 Å². The van der Waals surface area contributed by atoms with Crippen LogP contribution in [0.4, 0.5) is 5.69 Å². The molecule has 2 rings (SSSR count). The summed E-state index contributed by atoms with van der Waals surface area (Å²) in [5, 5.41) is 23.0. The second kappa shape index (κ2) is 6.26. The number of nitrogens with zero attached hydrogens (tertiary/aromatic N) is 1. The Labute approximate surface area is 127 Å². The van der Waals surface area contributed by atoms with Crippen LogP contribution in [0.1, 0.15) is 34.5 Å². The molecule has 0 spiro atoms. The van der Waals surface area contributed by atoms with Crippen molar-refractivity contribution in [3.05, 3.63) is 69.3 Å². The summed E-state index contributed by atoms with van der Waals surface area (Å²) in [6, 6.07) is 11.0. The molecule has 0 aliphatic rings. The van der Waals surface area contributed by atoms with Gasteiger partial charge in [-0.05, 0) is 37.1 Å². The number of aryl methyl sites for hydroxylation is 1. The van der Waals surface area contributed by atoms with Crippen molar-refractivity contribution in [1.29, 1.82) is 0 Å². The monoisotopic (exact) mass is 300 g/mol. The largest absolute Gasteiger partial charge is 0.502 e. The van der Waals surface area contributed by atoms with E-state index in [9.17, 15) is 20.0 Å².